The Kier molecular flexibility index (Phi) is 8.70. The molecule has 0 bridgehead atoms. The van der Waals surface area contributed by atoms with Gasteiger partial charge in [-0.2, -0.15) is 0 Å². The van der Waals surface area contributed by atoms with Crippen molar-refractivity contribution in [2.45, 2.75) is 82.0 Å². The number of aliphatic hydroxyl groups is 2. The molecule has 2 heterocycles. The molecule has 0 aromatic heterocycles. The van der Waals surface area contributed by atoms with E-state index in [9.17, 15) is 5.11 Å². The Bertz CT molecular complexity index is 536. The summed E-state index contributed by atoms with van der Waals surface area (Å²) < 4.78 is 23.8. The predicted molar refractivity (Wildman–Crippen MR) is 107 cm³/mol. The number of rotatable bonds is 8. The molecule has 0 aromatic carbocycles. The van der Waals surface area contributed by atoms with Crippen LogP contribution in [0, 0.1) is 5.92 Å². The molecule has 0 amide bonds. The highest BCUT2D eigenvalue weighted by molar-refractivity contribution is 5.02. The minimum atomic E-state index is -0.608. The minimum absolute atomic E-state index is 0.0728. The van der Waals surface area contributed by atoms with Gasteiger partial charge in [-0.25, -0.2) is 0 Å². The molecule has 9 heteroatoms. The zero-order chi connectivity index (χ0) is 20.8. The number of nitrogens with two attached hydrogens (primary N) is 2. The molecule has 0 radical (unpaired) electrons. The van der Waals surface area contributed by atoms with Gasteiger partial charge in [-0.1, -0.05) is 6.92 Å². The van der Waals surface area contributed by atoms with E-state index >= 15 is 0 Å². The Labute approximate surface area is 172 Å². The average molecular weight is 416 g/mol. The fourth-order valence-electron chi connectivity index (χ4n) is 4.05. The van der Waals surface area contributed by atoms with E-state index in [2.05, 4.69) is 12.2 Å². The van der Waals surface area contributed by atoms with Crippen molar-refractivity contribution in [1.29, 1.82) is 0 Å². The molecule has 8 atom stereocenters. The molecule has 2 aliphatic heterocycles. The van der Waals surface area contributed by atoms with Gasteiger partial charge in [0.2, 0.25) is 6.29 Å². The lowest BCUT2D eigenvalue weighted by molar-refractivity contribution is -0.256. The van der Waals surface area contributed by atoms with Crippen LogP contribution in [0.15, 0.2) is 11.8 Å². The van der Waals surface area contributed by atoms with E-state index in [0.717, 1.165) is 18.6 Å². The summed E-state index contributed by atoms with van der Waals surface area (Å²) in [5, 5.41) is 22.2. The molecule has 1 aliphatic carbocycles. The summed E-state index contributed by atoms with van der Waals surface area (Å²) in [6.07, 6.45) is 3.36. The normalized spacial score (nSPS) is 40.9. The Hall–Kier alpha value is -0.780. The summed E-state index contributed by atoms with van der Waals surface area (Å²) in [6.45, 7) is 3.74. The van der Waals surface area contributed by atoms with Crippen molar-refractivity contribution >= 4 is 0 Å². The van der Waals surface area contributed by atoms with Gasteiger partial charge < -0.3 is 45.9 Å². The molecule has 168 valence electrons. The molecule has 0 unspecified atom stereocenters. The van der Waals surface area contributed by atoms with Crippen LogP contribution in [0.25, 0.3) is 0 Å². The minimum Gasteiger partial charge on any atom is -0.467 e. The van der Waals surface area contributed by atoms with Gasteiger partial charge in [-0.3, -0.25) is 0 Å². The van der Waals surface area contributed by atoms with E-state index in [1.54, 1.807) is 0 Å². The molecule has 9 nitrogen and oxygen atoms in total. The van der Waals surface area contributed by atoms with E-state index < -0.39 is 18.7 Å². The summed E-state index contributed by atoms with van der Waals surface area (Å²) in [5.41, 5.74) is 12.5. The molecule has 3 rings (SSSR count). The molecule has 1 saturated carbocycles. The Morgan fingerprint density at radius 1 is 1.17 bits per heavy atom. The Morgan fingerprint density at radius 2 is 2.00 bits per heavy atom. The van der Waals surface area contributed by atoms with Gasteiger partial charge in [0.15, 0.2) is 6.29 Å². The van der Waals surface area contributed by atoms with Gasteiger partial charge in [0, 0.05) is 19.0 Å². The van der Waals surface area contributed by atoms with E-state index in [4.69, 9.17) is 35.5 Å². The third-order valence-corrected chi connectivity index (χ3v) is 5.76. The molecular weight excluding hydrogens is 378 g/mol. The lowest BCUT2D eigenvalue weighted by Crippen LogP contribution is -2.51. The third kappa shape index (κ3) is 6.60. The Morgan fingerprint density at radius 3 is 2.76 bits per heavy atom. The molecule has 29 heavy (non-hydrogen) atoms. The zero-order valence-electron chi connectivity index (χ0n) is 17.2. The third-order valence-electron chi connectivity index (χ3n) is 5.76. The van der Waals surface area contributed by atoms with Crippen LogP contribution in [-0.2, 0) is 18.9 Å². The van der Waals surface area contributed by atoms with E-state index in [1.165, 1.54) is 0 Å². The highest BCUT2D eigenvalue weighted by Gasteiger charge is 2.37. The van der Waals surface area contributed by atoms with E-state index in [0.29, 0.717) is 44.9 Å². The summed E-state index contributed by atoms with van der Waals surface area (Å²) in [5.74, 6) is 1.09. The second kappa shape index (κ2) is 11.0. The predicted octanol–water partition coefficient (Wildman–Crippen LogP) is -0.449. The number of nitrogens with one attached hydrogen (secondary N) is 1. The van der Waals surface area contributed by atoms with Crippen LogP contribution in [0.3, 0.4) is 0 Å². The van der Waals surface area contributed by atoms with Gasteiger partial charge in [-0.15, -0.1) is 0 Å². The van der Waals surface area contributed by atoms with Crippen LogP contribution in [0.5, 0.6) is 0 Å². The fraction of sp³-hybridized carbons (Fsp3) is 0.900. The van der Waals surface area contributed by atoms with Gasteiger partial charge in [0.05, 0.1) is 38.0 Å². The number of hydrogen-bond acceptors (Lipinski definition) is 9. The van der Waals surface area contributed by atoms with Crippen LogP contribution < -0.4 is 16.8 Å². The van der Waals surface area contributed by atoms with E-state index in [1.807, 2.05) is 6.08 Å². The number of ether oxygens (including phenoxy) is 4. The van der Waals surface area contributed by atoms with Crippen molar-refractivity contribution in [3.63, 3.8) is 0 Å². The number of aliphatic hydroxyl groups excluding tert-OH is 2. The second-order valence-electron chi connectivity index (χ2n) is 8.48. The topological polar surface area (TPSA) is 141 Å². The summed E-state index contributed by atoms with van der Waals surface area (Å²) in [7, 11) is 0. The van der Waals surface area contributed by atoms with Crippen molar-refractivity contribution in [3.05, 3.63) is 11.8 Å². The summed E-state index contributed by atoms with van der Waals surface area (Å²) >= 11 is 0. The molecular formula is C20H37N3O6. The highest BCUT2D eigenvalue weighted by atomic mass is 16.7. The first-order valence-corrected chi connectivity index (χ1v) is 10.7. The van der Waals surface area contributed by atoms with Gasteiger partial charge >= 0.3 is 0 Å². The summed E-state index contributed by atoms with van der Waals surface area (Å²) in [6, 6.07) is -0.389. The first-order chi connectivity index (χ1) is 14.0. The van der Waals surface area contributed by atoms with Crippen LogP contribution in [0.2, 0.25) is 0 Å². The molecule has 2 fully saturated rings. The molecule has 3 aliphatic rings. The van der Waals surface area contributed by atoms with E-state index in [-0.39, 0.29) is 30.9 Å². The highest BCUT2D eigenvalue weighted by Crippen LogP contribution is 2.29. The van der Waals surface area contributed by atoms with Crippen LogP contribution in [0.4, 0.5) is 0 Å². The maximum absolute atomic E-state index is 10.2. The monoisotopic (exact) mass is 415 g/mol. The lowest BCUT2D eigenvalue weighted by atomic mass is 9.90. The lowest BCUT2D eigenvalue weighted by Gasteiger charge is -2.40. The maximum atomic E-state index is 10.2. The molecule has 0 aromatic rings. The first kappa shape index (κ1) is 22.9. The van der Waals surface area contributed by atoms with Crippen molar-refractivity contribution in [3.8, 4) is 0 Å². The zero-order valence-corrected chi connectivity index (χ0v) is 17.2. The fourth-order valence-corrected chi connectivity index (χ4v) is 4.05. The smallest absolute Gasteiger partial charge is 0.215 e. The maximum Gasteiger partial charge on any atom is 0.215 e. The molecule has 1 saturated heterocycles. The van der Waals surface area contributed by atoms with Gasteiger partial charge in [-0.05, 0) is 37.7 Å². The average Bonchev–Trinajstić information content (AvgIpc) is 2.69. The van der Waals surface area contributed by atoms with Crippen LogP contribution >= 0.6 is 0 Å². The molecule has 7 N–H and O–H groups in total. The summed E-state index contributed by atoms with van der Waals surface area (Å²) in [4.78, 5) is 0. The quantitative estimate of drug-likeness (QED) is 0.333. The number of hydrogen-bond donors (Lipinski definition) is 5. The van der Waals surface area contributed by atoms with Crippen molar-refractivity contribution in [2.24, 2.45) is 17.4 Å². The van der Waals surface area contributed by atoms with Crippen molar-refractivity contribution in [1.82, 2.24) is 5.32 Å². The van der Waals surface area contributed by atoms with Gasteiger partial charge in [0.1, 0.15) is 11.9 Å². The Balaban J connectivity index is 1.50. The van der Waals surface area contributed by atoms with Crippen molar-refractivity contribution in [2.75, 3.05) is 26.3 Å². The van der Waals surface area contributed by atoms with Crippen molar-refractivity contribution < 1.29 is 29.2 Å². The first-order valence-electron chi connectivity index (χ1n) is 10.7. The van der Waals surface area contributed by atoms with Crippen LogP contribution in [-0.4, -0.2) is 79.5 Å². The molecule has 0 spiro atoms. The van der Waals surface area contributed by atoms with Crippen LogP contribution in [0.1, 0.15) is 39.0 Å². The second-order valence-corrected chi connectivity index (χ2v) is 8.48. The largest absolute Gasteiger partial charge is 0.467 e. The SMILES string of the molecule is C[C@@H]1CO[C@H](O[C@H]2CC[C@H](N)[C@@H](O[C@H]3OC(CNCCO)=CC[C@H]3N)C2)[C@H](O)C1. The standard InChI is InChI=1S/C20H37N3O6/c1-12-8-17(25)20(26-11-12)27-13-2-4-15(21)18(9-13)29-19-16(22)5-3-14(28-19)10-23-6-7-24/h3,12-13,15-20,23-25H,2,4-11,21-22H2,1H3/t12-,13-,15-,16+,17+,18-,19+,20+/m0/s1. The van der Waals surface area contributed by atoms with Gasteiger partial charge in [0.25, 0.3) is 0 Å².